The summed E-state index contributed by atoms with van der Waals surface area (Å²) in [4.78, 5) is 28.1. The zero-order valence-corrected chi connectivity index (χ0v) is 12.7. The van der Waals surface area contributed by atoms with Crippen LogP contribution in [0.4, 0.5) is 15.6 Å². The van der Waals surface area contributed by atoms with Gasteiger partial charge in [-0.1, -0.05) is 0 Å². The molecule has 0 radical (unpaired) electrons. The number of hydrogen-bond donors (Lipinski definition) is 3. The number of aromatic nitrogens is 1. The number of thiazole rings is 1. The quantitative estimate of drug-likeness (QED) is 0.810. The third kappa shape index (κ3) is 3.57. The lowest BCUT2D eigenvalue weighted by Crippen LogP contribution is -2.19. The summed E-state index contributed by atoms with van der Waals surface area (Å²) in [5.74, 6) is -1.02. The molecule has 7 heteroatoms. The molecule has 2 rings (SSSR count). The van der Waals surface area contributed by atoms with Crippen molar-refractivity contribution in [2.24, 2.45) is 0 Å². The second kappa shape index (κ2) is 5.92. The smallest absolute Gasteiger partial charge is 0.336 e. The fourth-order valence-corrected chi connectivity index (χ4v) is 2.49. The largest absolute Gasteiger partial charge is 0.478 e. The van der Waals surface area contributed by atoms with E-state index in [0.717, 1.165) is 10.4 Å². The molecule has 0 unspecified atom stereocenters. The summed E-state index contributed by atoms with van der Waals surface area (Å²) < 4.78 is 0. The van der Waals surface area contributed by atoms with Gasteiger partial charge in [0, 0.05) is 16.8 Å². The van der Waals surface area contributed by atoms with Crippen LogP contribution in [-0.4, -0.2) is 22.1 Å². The molecular formula is C14H15N3O3S. The fourth-order valence-electron chi connectivity index (χ4n) is 1.83. The third-order valence-electron chi connectivity index (χ3n) is 3.00. The van der Waals surface area contributed by atoms with Crippen LogP contribution in [0, 0.1) is 20.8 Å². The molecule has 0 aliphatic rings. The van der Waals surface area contributed by atoms with E-state index in [-0.39, 0.29) is 5.56 Å². The highest BCUT2D eigenvalue weighted by Gasteiger charge is 2.12. The van der Waals surface area contributed by atoms with Gasteiger partial charge < -0.3 is 10.4 Å². The zero-order valence-electron chi connectivity index (χ0n) is 11.9. The van der Waals surface area contributed by atoms with Crippen molar-refractivity contribution in [3.63, 3.8) is 0 Å². The monoisotopic (exact) mass is 305 g/mol. The maximum Gasteiger partial charge on any atom is 0.336 e. The maximum absolute atomic E-state index is 11.9. The average Bonchev–Trinajstić information content (AvgIpc) is 2.78. The molecule has 6 nitrogen and oxygen atoms in total. The molecule has 0 aliphatic heterocycles. The minimum absolute atomic E-state index is 0.176. The number of rotatable bonds is 3. The van der Waals surface area contributed by atoms with Gasteiger partial charge in [0.2, 0.25) is 0 Å². The molecule has 1 aromatic heterocycles. The standard InChI is InChI=1S/C14H15N3O3S/c1-7-4-10(5-11(9(7)3)12(18)19)16-13(20)17-14-15-6-8(2)21-14/h4-6H,1-3H3,(H,18,19)(H2,15,16,17,20). The van der Waals surface area contributed by atoms with Crippen LogP contribution in [0.1, 0.15) is 26.4 Å². The summed E-state index contributed by atoms with van der Waals surface area (Å²) in [5, 5.41) is 14.9. The molecule has 110 valence electrons. The van der Waals surface area contributed by atoms with Crippen LogP contribution in [-0.2, 0) is 0 Å². The highest BCUT2D eigenvalue weighted by Crippen LogP contribution is 2.21. The van der Waals surface area contributed by atoms with Crippen LogP contribution in [0.15, 0.2) is 18.3 Å². The summed E-state index contributed by atoms with van der Waals surface area (Å²) >= 11 is 1.36. The van der Waals surface area contributed by atoms with E-state index in [4.69, 9.17) is 5.11 Å². The minimum Gasteiger partial charge on any atom is -0.478 e. The van der Waals surface area contributed by atoms with Gasteiger partial charge in [-0.15, -0.1) is 11.3 Å². The first-order valence-corrected chi connectivity index (χ1v) is 7.03. The molecule has 2 amide bonds. The Morgan fingerprint density at radius 1 is 1.19 bits per heavy atom. The van der Waals surface area contributed by atoms with Crippen molar-refractivity contribution < 1.29 is 14.7 Å². The molecule has 1 aromatic carbocycles. The Kier molecular flexibility index (Phi) is 4.23. The number of carboxylic acid groups (broad SMARTS) is 1. The summed E-state index contributed by atoms with van der Waals surface area (Å²) in [5.41, 5.74) is 2.09. The molecule has 0 spiro atoms. The number of amides is 2. The molecule has 0 aliphatic carbocycles. The first kappa shape index (κ1) is 15.0. The van der Waals surface area contributed by atoms with Gasteiger partial charge in [0.05, 0.1) is 5.56 Å². The number of nitrogens with zero attached hydrogens (tertiary/aromatic N) is 1. The number of carbonyl (C=O) groups excluding carboxylic acids is 1. The molecule has 0 fully saturated rings. The molecule has 2 aromatic rings. The van der Waals surface area contributed by atoms with Crippen molar-refractivity contribution in [1.29, 1.82) is 0 Å². The van der Waals surface area contributed by atoms with Crippen molar-refractivity contribution in [1.82, 2.24) is 4.98 Å². The first-order chi connectivity index (χ1) is 9.86. The highest BCUT2D eigenvalue weighted by molar-refractivity contribution is 7.15. The number of carbonyl (C=O) groups is 2. The van der Waals surface area contributed by atoms with Crippen molar-refractivity contribution in [2.75, 3.05) is 10.6 Å². The number of carboxylic acids is 1. The van der Waals surface area contributed by atoms with E-state index >= 15 is 0 Å². The van der Waals surface area contributed by atoms with Gasteiger partial charge in [0.15, 0.2) is 5.13 Å². The molecule has 0 saturated heterocycles. The van der Waals surface area contributed by atoms with Gasteiger partial charge in [0.1, 0.15) is 0 Å². The van der Waals surface area contributed by atoms with Gasteiger partial charge in [-0.25, -0.2) is 14.6 Å². The predicted octanol–water partition coefficient (Wildman–Crippen LogP) is 3.41. The van der Waals surface area contributed by atoms with Gasteiger partial charge in [0.25, 0.3) is 0 Å². The average molecular weight is 305 g/mol. The Morgan fingerprint density at radius 3 is 2.48 bits per heavy atom. The Balaban J connectivity index is 2.15. The van der Waals surface area contributed by atoms with E-state index in [2.05, 4.69) is 15.6 Å². The molecule has 21 heavy (non-hydrogen) atoms. The molecule has 0 bridgehead atoms. The lowest BCUT2D eigenvalue weighted by Gasteiger charge is -2.10. The van der Waals surface area contributed by atoms with Crippen LogP contribution in [0.2, 0.25) is 0 Å². The van der Waals surface area contributed by atoms with Crippen molar-refractivity contribution in [3.8, 4) is 0 Å². The number of aryl methyl sites for hydroxylation is 2. The van der Waals surface area contributed by atoms with Gasteiger partial charge in [-0.3, -0.25) is 5.32 Å². The Hall–Kier alpha value is -2.41. The molecular weight excluding hydrogens is 290 g/mol. The number of nitrogens with one attached hydrogen (secondary N) is 2. The van der Waals surface area contributed by atoms with E-state index in [0.29, 0.717) is 16.4 Å². The van der Waals surface area contributed by atoms with Crippen LogP contribution in [0.3, 0.4) is 0 Å². The van der Waals surface area contributed by atoms with Gasteiger partial charge in [-0.05, 0) is 44.0 Å². The minimum atomic E-state index is -1.02. The van der Waals surface area contributed by atoms with Crippen molar-refractivity contribution in [2.45, 2.75) is 20.8 Å². The summed E-state index contributed by atoms with van der Waals surface area (Å²) in [6.45, 7) is 5.43. The normalized spacial score (nSPS) is 10.2. The number of benzene rings is 1. The topological polar surface area (TPSA) is 91.3 Å². The molecule has 3 N–H and O–H groups in total. The highest BCUT2D eigenvalue weighted by atomic mass is 32.1. The van der Waals surface area contributed by atoms with Crippen LogP contribution >= 0.6 is 11.3 Å². The molecule has 1 heterocycles. The van der Waals surface area contributed by atoms with Crippen molar-refractivity contribution >= 4 is 34.2 Å². The van der Waals surface area contributed by atoms with E-state index in [1.165, 1.54) is 17.4 Å². The maximum atomic E-state index is 11.9. The number of hydrogen-bond acceptors (Lipinski definition) is 4. The van der Waals surface area contributed by atoms with E-state index in [9.17, 15) is 9.59 Å². The number of aromatic carboxylic acids is 1. The summed E-state index contributed by atoms with van der Waals surface area (Å²) in [6.07, 6.45) is 1.67. The van der Waals surface area contributed by atoms with Crippen LogP contribution in [0.25, 0.3) is 0 Å². The van der Waals surface area contributed by atoms with E-state index in [1.807, 2.05) is 6.92 Å². The second-order valence-corrected chi connectivity index (χ2v) is 5.86. The number of urea groups is 1. The third-order valence-corrected chi connectivity index (χ3v) is 3.83. The van der Waals surface area contributed by atoms with Gasteiger partial charge in [-0.2, -0.15) is 0 Å². The first-order valence-electron chi connectivity index (χ1n) is 6.22. The zero-order chi connectivity index (χ0) is 15.6. The van der Waals surface area contributed by atoms with Crippen LogP contribution < -0.4 is 10.6 Å². The molecule has 0 saturated carbocycles. The lowest BCUT2D eigenvalue weighted by molar-refractivity contribution is 0.0696. The SMILES string of the molecule is Cc1cnc(NC(=O)Nc2cc(C)c(C)c(C(=O)O)c2)s1. The lowest BCUT2D eigenvalue weighted by atomic mass is 10.0. The Labute approximate surface area is 125 Å². The second-order valence-electron chi connectivity index (χ2n) is 4.63. The number of anilines is 2. The molecule has 0 atom stereocenters. The van der Waals surface area contributed by atoms with Gasteiger partial charge >= 0.3 is 12.0 Å². The fraction of sp³-hybridized carbons (Fsp3) is 0.214. The van der Waals surface area contributed by atoms with Crippen LogP contribution in [0.5, 0.6) is 0 Å². The summed E-state index contributed by atoms with van der Waals surface area (Å²) in [7, 11) is 0. The van der Waals surface area contributed by atoms with E-state index < -0.39 is 12.0 Å². The Bertz CT molecular complexity index is 709. The van der Waals surface area contributed by atoms with Crippen molar-refractivity contribution in [3.05, 3.63) is 39.9 Å². The van der Waals surface area contributed by atoms with E-state index in [1.54, 1.807) is 26.1 Å². The predicted molar refractivity (Wildman–Crippen MR) is 82.4 cm³/mol. The summed E-state index contributed by atoms with van der Waals surface area (Å²) in [6, 6.07) is 2.72. The Morgan fingerprint density at radius 2 is 1.90 bits per heavy atom.